The molecule has 2 aromatic carbocycles. The summed E-state index contributed by atoms with van der Waals surface area (Å²) in [5.41, 5.74) is 5.53. The molecule has 164 valence electrons. The lowest BCUT2D eigenvalue weighted by molar-refractivity contribution is -0.144. The Labute approximate surface area is 181 Å². The first-order valence-corrected chi connectivity index (χ1v) is 9.92. The third-order valence-corrected chi connectivity index (χ3v) is 3.84. The summed E-state index contributed by atoms with van der Waals surface area (Å²) in [5, 5.41) is 0. The normalized spacial score (nSPS) is 10.4. The maximum atomic E-state index is 11.9. The standard InChI is InChI=1S/C23H26N2O6/c1-3-14-30-19-12-10-17(15-20(19)29-4-2)11-13-22(27)31-16-21(26)24-25-23(28)18-8-6-5-7-9-18/h5-13,15H,3-4,14,16H2,1-2H3,(H,24,26)(H,25,28)/b13-11+. The third-order valence-electron chi connectivity index (χ3n) is 3.84. The second-order valence-corrected chi connectivity index (χ2v) is 6.30. The number of amides is 2. The minimum Gasteiger partial charge on any atom is -0.490 e. The van der Waals surface area contributed by atoms with Crippen molar-refractivity contribution < 1.29 is 28.6 Å². The Kier molecular flexibility index (Phi) is 9.61. The van der Waals surface area contributed by atoms with E-state index in [1.165, 1.54) is 6.08 Å². The molecule has 0 bridgehead atoms. The Hall–Kier alpha value is -3.81. The predicted molar refractivity (Wildman–Crippen MR) is 115 cm³/mol. The van der Waals surface area contributed by atoms with Gasteiger partial charge in [0.05, 0.1) is 13.2 Å². The molecule has 0 atom stereocenters. The number of esters is 1. The Morgan fingerprint density at radius 3 is 2.42 bits per heavy atom. The summed E-state index contributed by atoms with van der Waals surface area (Å²) >= 11 is 0. The van der Waals surface area contributed by atoms with Crippen LogP contribution in [0.15, 0.2) is 54.6 Å². The second kappa shape index (κ2) is 12.7. The Balaban J connectivity index is 1.81. The summed E-state index contributed by atoms with van der Waals surface area (Å²) in [6.45, 7) is 4.41. The maximum absolute atomic E-state index is 11.9. The maximum Gasteiger partial charge on any atom is 0.331 e. The number of hydrogen-bond acceptors (Lipinski definition) is 6. The highest BCUT2D eigenvalue weighted by Crippen LogP contribution is 2.29. The number of benzene rings is 2. The lowest BCUT2D eigenvalue weighted by Gasteiger charge is -2.12. The van der Waals surface area contributed by atoms with Gasteiger partial charge < -0.3 is 14.2 Å². The average molecular weight is 426 g/mol. The van der Waals surface area contributed by atoms with Gasteiger partial charge in [0.25, 0.3) is 11.8 Å². The van der Waals surface area contributed by atoms with Gasteiger partial charge in [0, 0.05) is 11.6 Å². The minimum absolute atomic E-state index is 0.389. The molecule has 0 aliphatic heterocycles. The van der Waals surface area contributed by atoms with E-state index in [1.54, 1.807) is 54.6 Å². The zero-order valence-electron chi connectivity index (χ0n) is 17.6. The fourth-order valence-electron chi connectivity index (χ4n) is 2.40. The van der Waals surface area contributed by atoms with Crippen LogP contribution in [0.25, 0.3) is 6.08 Å². The summed E-state index contributed by atoms with van der Waals surface area (Å²) in [7, 11) is 0. The lowest BCUT2D eigenvalue weighted by atomic mass is 10.2. The summed E-state index contributed by atoms with van der Waals surface area (Å²) in [6, 6.07) is 13.7. The molecule has 0 saturated carbocycles. The Morgan fingerprint density at radius 1 is 0.935 bits per heavy atom. The van der Waals surface area contributed by atoms with E-state index >= 15 is 0 Å². The van der Waals surface area contributed by atoms with Crippen molar-refractivity contribution in [1.29, 1.82) is 0 Å². The largest absolute Gasteiger partial charge is 0.490 e. The summed E-state index contributed by atoms with van der Waals surface area (Å²) < 4.78 is 16.1. The van der Waals surface area contributed by atoms with Gasteiger partial charge in [-0.1, -0.05) is 31.2 Å². The molecule has 0 heterocycles. The first-order chi connectivity index (χ1) is 15.0. The second-order valence-electron chi connectivity index (χ2n) is 6.30. The molecule has 2 N–H and O–H groups in total. The van der Waals surface area contributed by atoms with Gasteiger partial charge in [-0.25, -0.2) is 4.79 Å². The quantitative estimate of drug-likeness (QED) is 0.344. The van der Waals surface area contributed by atoms with Crippen LogP contribution in [0.2, 0.25) is 0 Å². The molecule has 0 saturated heterocycles. The van der Waals surface area contributed by atoms with Crippen LogP contribution in [-0.4, -0.2) is 37.6 Å². The average Bonchev–Trinajstić information content (AvgIpc) is 2.80. The van der Waals surface area contributed by atoms with Crippen LogP contribution in [0.3, 0.4) is 0 Å². The predicted octanol–water partition coefficient (Wildman–Crippen LogP) is 2.89. The van der Waals surface area contributed by atoms with E-state index in [2.05, 4.69) is 10.9 Å². The molecule has 0 fully saturated rings. The van der Waals surface area contributed by atoms with Crippen LogP contribution < -0.4 is 20.3 Å². The summed E-state index contributed by atoms with van der Waals surface area (Å²) in [4.78, 5) is 35.4. The van der Waals surface area contributed by atoms with Crippen LogP contribution in [0.1, 0.15) is 36.2 Å². The van der Waals surface area contributed by atoms with Crippen molar-refractivity contribution in [3.63, 3.8) is 0 Å². The van der Waals surface area contributed by atoms with Crippen molar-refractivity contribution in [2.45, 2.75) is 20.3 Å². The molecular formula is C23H26N2O6. The van der Waals surface area contributed by atoms with Gasteiger partial charge in [-0.15, -0.1) is 0 Å². The molecule has 0 aliphatic rings. The molecule has 0 aromatic heterocycles. The third kappa shape index (κ3) is 8.22. The molecule has 2 rings (SSSR count). The highest BCUT2D eigenvalue weighted by molar-refractivity contribution is 5.95. The van der Waals surface area contributed by atoms with Crippen molar-refractivity contribution in [3.05, 3.63) is 65.7 Å². The number of carbonyl (C=O) groups excluding carboxylic acids is 3. The van der Waals surface area contributed by atoms with Crippen molar-refractivity contribution >= 4 is 23.9 Å². The van der Waals surface area contributed by atoms with E-state index in [1.807, 2.05) is 13.8 Å². The van der Waals surface area contributed by atoms with E-state index in [-0.39, 0.29) is 0 Å². The summed E-state index contributed by atoms with van der Waals surface area (Å²) in [6.07, 6.45) is 3.62. The number of carbonyl (C=O) groups is 3. The Morgan fingerprint density at radius 2 is 1.71 bits per heavy atom. The van der Waals surface area contributed by atoms with Crippen LogP contribution in [0.5, 0.6) is 11.5 Å². The fraction of sp³-hybridized carbons (Fsp3) is 0.261. The van der Waals surface area contributed by atoms with Crippen molar-refractivity contribution in [3.8, 4) is 11.5 Å². The van der Waals surface area contributed by atoms with E-state index in [4.69, 9.17) is 14.2 Å². The minimum atomic E-state index is -0.700. The van der Waals surface area contributed by atoms with Gasteiger partial charge in [-0.05, 0) is 49.2 Å². The van der Waals surface area contributed by atoms with Gasteiger partial charge in [0.1, 0.15) is 0 Å². The van der Waals surface area contributed by atoms with Gasteiger partial charge >= 0.3 is 5.97 Å². The van der Waals surface area contributed by atoms with Crippen molar-refractivity contribution in [2.75, 3.05) is 19.8 Å². The Bertz CT molecular complexity index is 912. The van der Waals surface area contributed by atoms with Gasteiger partial charge in [0.2, 0.25) is 0 Å². The van der Waals surface area contributed by atoms with E-state index < -0.39 is 24.4 Å². The number of ether oxygens (including phenoxy) is 3. The highest BCUT2D eigenvalue weighted by Gasteiger charge is 2.09. The van der Waals surface area contributed by atoms with Gasteiger partial charge in [0.15, 0.2) is 18.1 Å². The smallest absolute Gasteiger partial charge is 0.331 e. The molecule has 2 aromatic rings. The molecule has 0 aliphatic carbocycles. The monoisotopic (exact) mass is 426 g/mol. The first kappa shape index (κ1) is 23.5. The number of hydrazine groups is 1. The molecule has 31 heavy (non-hydrogen) atoms. The van der Waals surface area contributed by atoms with Crippen LogP contribution in [0, 0.1) is 0 Å². The van der Waals surface area contributed by atoms with Crippen LogP contribution in [0.4, 0.5) is 0 Å². The molecule has 8 nitrogen and oxygen atoms in total. The number of nitrogens with one attached hydrogen (secondary N) is 2. The fourth-order valence-corrected chi connectivity index (χ4v) is 2.40. The topological polar surface area (TPSA) is 103 Å². The van der Waals surface area contributed by atoms with Gasteiger partial charge in [-0.3, -0.25) is 20.4 Å². The van der Waals surface area contributed by atoms with Crippen molar-refractivity contribution in [2.24, 2.45) is 0 Å². The zero-order chi connectivity index (χ0) is 22.5. The number of rotatable bonds is 10. The van der Waals surface area contributed by atoms with Gasteiger partial charge in [-0.2, -0.15) is 0 Å². The van der Waals surface area contributed by atoms with Crippen molar-refractivity contribution in [1.82, 2.24) is 10.9 Å². The lowest BCUT2D eigenvalue weighted by Crippen LogP contribution is -2.43. The molecule has 2 amide bonds. The number of hydrogen-bond donors (Lipinski definition) is 2. The molecule has 0 unspecified atom stereocenters. The zero-order valence-corrected chi connectivity index (χ0v) is 17.6. The highest BCUT2D eigenvalue weighted by atomic mass is 16.5. The molecule has 0 radical (unpaired) electrons. The molecule has 8 heteroatoms. The SMILES string of the molecule is CCCOc1ccc(/C=C/C(=O)OCC(=O)NNC(=O)c2ccccc2)cc1OCC. The van der Waals surface area contributed by atoms with E-state index in [0.717, 1.165) is 6.42 Å². The summed E-state index contributed by atoms with van der Waals surface area (Å²) in [5.74, 6) is -0.620. The van der Waals surface area contributed by atoms with Crippen LogP contribution >= 0.6 is 0 Å². The molecular weight excluding hydrogens is 400 g/mol. The van der Waals surface area contributed by atoms with E-state index in [0.29, 0.717) is 35.8 Å². The van der Waals surface area contributed by atoms with Crippen LogP contribution in [-0.2, 0) is 14.3 Å². The first-order valence-electron chi connectivity index (χ1n) is 9.92. The molecule has 0 spiro atoms. The van der Waals surface area contributed by atoms with E-state index in [9.17, 15) is 14.4 Å².